The molecule has 0 saturated carbocycles. The van der Waals surface area contributed by atoms with Gasteiger partial charge in [0.25, 0.3) is 0 Å². The van der Waals surface area contributed by atoms with Gasteiger partial charge in [-0.15, -0.1) is 0 Å². The van der Waals surface area contributed by atoms with Crippen LogP contribution in [0, 0.1) is 18.3 Å². The number of nitrogens with zero attached hydrogens (tertiary/aromatic N) is 3. The van der Waals surface area contributed by atoms with Crippen molar-refractivity contribution in [1.29, 1.82) is 5.26 Å². The van der Waals surface area contributed by atoms with Crippen LogP contribution in [0.4, 0.5) is 5.82 Å². The second kappa shape index (κ2) is 5.57. The molecule has 0 spiro atoms. The summed E-state index contributed by atoms with van der Waals surface area (Å²) in [5, 5.41) is 9.15. The van der Waals surface area contributed by atoms with Crippen molar-refractivity contribution < 1.29 is 0 Å². The third-order valence-corrected chi connectivity index (χ3v) is 4.33. The van der Waals surface area contributed by atoms with E-state index in [0.29, 0.717) is 17.7 Å². The van der Waals surface area contributed by atoms with Crippen molar-refractivity contribution in [1.82, 2.24) is 4.98 Å². The molecule has 0 N–H and O–H groups in total. The van der Waals surface area contributed by atoms with E-state index in [0.717, 1.165) is 24.3 Å². The first-order valence-electron chi connectivity index (χ1n) is 7.38. The Kier molecular flexibility index (Phi) is 3.62. The molecule has 1 aromatic heterocycles. The Bertz CT molecular complexity index is 673. The number of nitriles is 1. The fraction of sp³-hybridized carbons (Fsp3) is 0.333. The van der Waals surface area contributed by atoms with Crippen LogP contribution in [0.5, 0.6) is 0 Å². The molecule has 2 unspecified atom stereocenters. The van der Waals surface area contributed by atoms with E-state index in [9.17, 15) is 0 Å². The van der Waals surface area contributed by atoms with Gasteiger partial charge in [0.2, 0.25) is 0 Å². The zero-order chi connectivity index (χ0) is 14.8. The van der Waals surface area contributed by atoms with Crippen LogP contribution < -0.4 is 4.90 Å². The largest absolute Gasteiger partial charge is 0.353 e. The lowest BCUT2D eigenvalue weighted by Gasteiger charge is -2.23. The summed E-state index contributed by atoms with van der Waals surface area (Å²) in [5.74, 6) is 1.46. The van der Waals surface area contributed by atoms with E-state index in [1.807, 2.05) is 19.1 Å². The summed E-state index contributed by atoms with van der Waals surface area (Å²) in [5.41, 5.74) is 2.86. The Hall–Kier alpha value is -2.34. The van der Waals surface area contributed by atoms with Gasteiger partial charge < -0.3 is 4.90 Å². The van der Waals surface area contributed by atoms with Gasteiger partial charge in [0.15, 0.2) is 0 Å². The van der Waals surface area contributed by atoms with Crippen molar-refractivity contribution in [2.24, 2.45) is 0 Å². The molecular weight excluding hydrogens is 258 g/mol. The summed E-state index contributed by atoms with van der Waals surface area (Å²) in [6.07, 6.45) is 1.13. The van der Waals surface area contributed by atoms with Crippen LogP contribution in [0.2, 0.25) is 0 Å². The Morgan fingerprint density at radius 2 is 1.95 bits per heavy atom. The maximum absolute atomic E-state index is 9.15. The van der Waals surface area contributed by atoms with Crippen molar-refractivity contribution in [3.8, 4) is 6.07 Å². The molecule has 1 saturated heterocycles. The summed E-state index contributed by atoms with van der Waals surface area (Å²) in [6.45, 7) is 5.12. The van der Waals surface area contributed by atoms with E-state index < -0.39 is 0 Å². The highest BCUT2D eigenvalue weighted by Gasteiger charge is 2.30. The van der Waals surface area contributed by atoms with Gasteiger partial charge in [-0.1, -0.05) is 36.4 Å². The molecule has 3 nitrogen and oxygen atoms in total. The summed E-state index contributed by atoms with van der Waals surface area (Å²) in [7, 11) is 0. The minimum Gasteiger partial charge on any atom is -0.353 e. The number of pyridine rings is 1. The summed E-state index contributed by atoms with van der Waals surface area (Å²) >= 11 is 0. The van der Waals surface area contributed by atoms with Gasteiger partial charge in [0, 0.05) is 18.5 Å². The third-order valence-electron chi connectivity index (χ3n) is 4.33. The second-order valence-corrected chi connectivity index (χ2v) is 5.79. The van der Waals surface area contributed by atoms with Crippen molar-refractivity contribution in [2.45, 2.75) is 32.2 Å². The van der Waals surface area contributed by atoms with Crippen LogP contribution in [0.15, 0.2) is 42.5 Å². The molecule has 2 heterocycles. The predicted molar refractivity (Wildman–Crippen MR) is 84.3 cm³/mol. The van der Waals surface area contributed by atoms with Gasteiger partial charge in [-0.25, -0.2) is 4.98 Å². The maximum atomic E-state index is 9.15. The molecule has 1 aromatic carbocycles. The number of hydrogen-bond donors (Lipinski definition) is 0. The minimum atomic E-state index is 0.442. The average Bonchev–Trinajstić information content (AvgIpc) is 2.91. The van der Waals surface area contributed by atoms with E-state index in [2.05, 4.69) is 53.2 Å². The van der Waals surface area contributed by atoms with Crippen LogP contribution in [0.3, 0.4) is 0 Å². The number of benzene rings is 1. The van der Waals surface area contributed by atoms with Crippen LogP contribution in [0.1, 0.15) is 36.1 Å². The number of hydrogen-bond acceptors (Lipinski definition) is 3. The van der Waals surface area contributed by atoms with Gasteiger partial charge in [-0.3, -0.25) is 0 Å². The van der Waals surface area contributed by atoms with Gasteiger partial charge in [-0.2, -0.15) is 5.26 Å². The lowest BCUT2D eigenvalue weighted by atomic mass is 9.97. The van der Waals surface area contributed by atoms with Crippen molar-refractivity contribution in [2.75, 3.05) is 11.4 Å². The first-order chi connectivity index (χ1) is 10.2. The third kappa shape index (κ3) is 2.62. The van der Waals surface area contributed by atoms with Gasteiger partial charge in [0.1, 0.15) is 17.6 Å². The molecule has 21 heavy (non-hydrogen) atoms. The van der Waals surface area contributed by atoms with E-state index in [4.69, 9.17) is 5.26 Å². The summed E-state index contributed by atoms with van der Waals surface area (Å²) < 4.78 is 0. The standard InChI is InChI=1S/C18H19N3/c1-13-8-9-18(20-17(13)11-19)21-12-16(10-14(21)2)15-6-4-3-5-7-15/h3-9,14,16H,10,12H2,1-2H3. The van der Waals surface area contributed by atoms with Crippen LogP contribution in [-0.4, -0.2) is 17.6 Å². The first kappa shape index (κ1) is 13.6. The summed E-state index contributed by atoms with van der Waals surface area (Å²) in [6, 6.07) is 17.3. The Morgan fingerprint density at radius 3 is 2.67 bits per heavy atom. The smallest absolute Gasteiger partial charge is 0.145 e. The van der Waals surface area contributed by atoms with E-state index in [-0.39, 0.29) is 0 Å². The quantitative estimate of drug-likeness (QED) is 0.841. The molecule has 2 atom stereocenters. The van der Waals surface area contributed by atoms with E-state index in [1.54, 1.807) is 0 Å². The van der Waals surface area contributed by atoms with Crippen LogP contribution in [-0.2, 0) is 0 Å². The molecule has 0 radical (unpaired) electrons. The van der Waals surface area contributed by atoms with Crippen LogP contribution >= 0.6 is 0 Å². The number of anilines is 1. The lowest BCUT2D eigenvalue weighted by Crippen LogP contribution is -2.27. The molecule has 1 aliphatic heterocycles. The fourth-order valence-corrected chi connectivity index (χ4v) is 3.11. The van der Waals surface area contributed by atoms with Gasteiger partial charge in [0.05, 0.1) is 0 Å². The van der Waals surface area contributed by atoms with Gasteiger partial charge in [-0.05, 0) is 37.5 Å². The molecular formula is C18H19N3. The zero-order valence-corrected chi connectivity index (χ0v) is 12.5. The second-order valence-electron chi connectivity index (χ2n) is 5.79. The minimum absolute atomic E-state index is 0.442. The number of aryl methyl sites for hydroxylation is 1. The Morgan fingerprint density at radius 1 is 1.19 bits per heavy atom. The molecule has 3 heteroatoms. The topological polar surface area (TPSA) is 39.9 Å². The molecule has 0 bridgehead atoms. The average molecular weight is 277 g/mol. The first-order valence-corrected chi connectivity index (χ1v) is 7.38. The van der Waals surface area contributed by atoms with Crippen LogP contribution in [0.25, 0.3) is 0 Å². The predicted octanol–water partition coefficient (Wildman–Crippen LogP) is 3.64. The summed E-state index contributed by atoms with van der Waals surface area (Å²) in [4.78, 5) is 6.83. The zero-order valence-electron chi connectivity index (χ0n) is 12.5. The molecule has 0 amide bonds. The number of rotatable bonds is 2. The van der Waals surface area contributed by atoms with Crippen molar-refractivity contribution >= 4 is 5.82 Å². The molecule has 3 rings (SSSR count). The Balaban J connectivity index is 1.86. The highest BCUT2D eigenvalue weighted by molar-refractivity contribution is 5.47. The maximum Gasteiger partial charge on any atom is 0.145 e. The Labute approximate surface area is 125 Å². The highest BCUT2D eigenvalue weighted by atomic mass is 15.2. The van der Waals surface area contributed by atoms with Crippen molar-refractivity contribution in [3.63, 3.8) is 0 Å². The monoisotopic (exact) mass is 277 g/mol. The van der Waals surface area contributed by atoms with E-state index >= 15 is 0 Å². The highest BCUT2D eigenvalue weighted by Crippen LogP contribution is 2.34. The molecule has 2 aromatic rings. The normalized spacial score (nSPS) is 21.3. The van der Waals surface area contributed by atoms with Gasteiger partial charge >= 0.3 is 0 Å². The molecule has 1 aliphatic rings. The lowest BCUT2D eigenvalue weighted by molar-refractivity contribution is 0.696. The SMILES string of the molecule is Cc1ccc(N2CC(c3ccccc3)CC2C)nc1C#N. The van der Waals surface area contributed by atoms with Crippen molar-refractivity contribution in [3.05, 3.63) is 59.3 Å². The molecule has 106 valence electrons. The molecule has 1 fully saturated rings. The van der Waals surface area contributed by atoms with E-state index in [1.165, 1.54) is 5.56 Å². The molecule has 0 aliphatic carbocycles. The fourth-order valence-electron chi connectivity index (χ4n) is 3.11. The number of aromatic nitrogens is 1.